The molecule has 1 aliphatic heterocycles. The van der Waals surface area contributed by atoms with E-state index in [1.54, 1.807) is 14.2 Å². The molecule has 174 valence electrons. The Balaban J connectivity index is 1.93. The Labute approximate surface area is 192 Å². The molecule has 0 aromatic heterocycles. The van der Waals surface area contributed by atoms with Gasteiger partial charge in [-0.3, -0.25) is 4.84 Å². The van der Waals surface area contributed by atoms with E-state index in [0.717, 1.165) is 30.9 Å². The molecular weight excluding hydrogens is 402 g/mol. The molecular formula is C26H37N3O3. The number of hydrogen-bond donors (Lipinski definition) is 2. The highest BCUT2D eigenvalue weighted by Crippen LogP contribution is 2.39. The third kappa shape index (κ3) is 5.82. The fourth-order valence-corrected chi connectivity index (χ4v) is 3.98. The van der Waals surface area contributed by atoms with Gasteiger partial charge in [-0.2, -0.15) is 0 Å². The molecule has 1 aliphatic rings. The number of hydrazine groups is 1. The molecule has 6 heteroatoms. The second kappa shape index (κ2) is 10.4. The molecule has 2 aromatic carbocycles. The molecule has 0 saturated heterocycles. The summed E-state index contributed by atoms with van der Waals surface area (Å²) >= 11 is 0. The maximum absolute atomic E-state index is 5.94. The summed E-state index contributed by atoms with van der Waals surface area (Å²) in [6.07, 6.45) is 3.76. The van der Waals surface area contributed by atoms with E-state index in [0.29, 0.717) is 0 Å². The molecule has 1 unspecified atom stereocenters. The van der Waals surface area contributed by atoms with Crippen molar-refractivity contribution in [3.8, 4) is 11.5 Å². The first-order valence-corrected chi connectivity index (χ1v) is 11.1. The predicted molar refractivity (Wildman–Crippen MR) is 130 cm³/mol. The average Bonchev–Trinajstić information content (AvgIpc) is 2.77. The van der Waals surface area contributed by atoms with E-state index in [9.17, 15) is 0 Å². The largest absolute Gasteiger partial charge is 0.493 e. The van der Waals surface area contributed by atoms with Crippen LogP contribution in [0.3, 0.4) is 0 Å². The lowest BCUT2D eigenvalue weighted by Gasteiger charge is -2.39. The average molecular weight is 440 g/mol. The van der Waals surface area contributed by atoms with Crippen LogP contribution in [0, 0.1) is 0 Å². The van der Waals surface area contributed by atoms with Crippen molar-refractivity contribution >= 4 is 5.57 Å². The van der Waals surface area contributed by atoms with E-state index in [4.69, 9.17) is 14.3 Å². The molecule has 0 spiro atoms. The number of hydrogen-bond acceptors (Lipinski definition) is 6. The summed E-state index contributed by atoms with van der Waals surface area (Å²) in [4.78, 5) is 5.94. The molecule has 3 rings (SSSR count). The van der Waals surface area contributed by atoms with E-state index >= 15 is 0 Å². The SMILES string of the molecule is CN/C=C(\C)c1ccc(CC2c3cc(OC)c(OC)cc3CCN2NOC(C)(C)C)cc1. The second-order valence-corrected chi connectivity index (χ2v) is 9.19. The van der Waals surface area contributed by atoms with Gasteiger partial charge in [0.1, 0.15) is 0 Å². The third-order valence-electron chi connectivity index (χ3n) is 5.67. The summed E-state index contributed by atoms with van der Waals surface area (Å²) in [5.41, 5.74) is 9.14. The van der Waals surface area contributed by atoms with Crippen molar-refractivity contribution < 1.29 is 14.3 Å². The van der Waals surface area contributed by atoms with Crippen molar-refractivity contribution in [1.82, 2.24) is 15.9 Å². The number of benzene rings is 2. The number of nitrogens with one attached hydrogen (secondary N) is 2. The summed E-state index contributed by atoms with van der Waals surface area (Å²) in [6.45, 7) is 9.07. The fraction of sp³-hybridized carbons (Fsp3) is 0.462. The highest BCUT2D eigenvalue weighted by molar-refractivity contribution is 5.63. The lowest BCUT2D eigenvalue weighted by molar-refractivity contribution is -0.170. The Bertz CT molecular complexity index is 933. The van der Waals surface area contributed by atoms with Crippen LogP contribution in [0.1, 0.15) is 56.0 Å². The molecule has 1 heterocycles. The predicted octanol–water partition coefficient (Wildman–Crippen LogP) is 4.66. The van der Waals surface area contributed by atoms with Gasteiger partial charge >= 0.3 is 0 Å². The lowest BCUT2D eigenvalue weighted by Crippen LogP contribution is -2.48. The molecule has 0 amide bonds. The van der Waals surface area contributed by atoms with Crippen LogP contribution >= 0.6 is 0 Å². The standard InChI is InChI=1S/C26H37N3O3/c1-18(17-27-5)20-10-8-19(9-11-20)14-23-22-16-25(31-7)24(30-6)15-21(22)12-13-29(23)28-32-26(2,3)4/h8-11,15-17,23,27-28H,12-14H2,1-7H3/b18-17+. The third-order valence-corrected chi connectivity index (χ3v) is 5.67. The van der Waals surface area contributed by atoms with Crippen LogP contribution in [-0.4, -0.2) is 38.4 Å². The summed E-state index contributed by atoms with van der Waals surface area (Å²) in [6, 6.07) is 13.1. The molecule has 2 N–H and O–H groups in total. The first kappa shape index (κ1) is 24.1. The topological polar surface area (TPSA) is 55.0 Å². The molecule has 0 fully saturated rings. The molecule has 0 bridgehead atoms. The summed E-state index contributed by atoms with van der Waals surface area (Å²) < 4.78 is 11.1. The minimum atomic E-state index is -0.290. The zero-order chi connectivity index (χ0) is 23.3. The van der Waals surface area contributed by atoms with Gasteiger partial charge in [0.25, 0.3) is 0 Å². The number of allylic oxidation sites excluding steroid dienone is 1. The number of fused-ring (bicyclic) bond motifs is 1. The number of rotatable bonds is 8. The highest BCUT2D eigenvalue weighted by Gasteiger charge is 2.30. The van der Waals surface area contributed by atoms with Crippen molar-refractivity contribution in [1.29, 1.82) is 0 Å². The maximum Gasteiger partial charge on any atom is 0.161 e. The van der Waals surface area contributed by atoms with Gasteiger partial charge in [-0.25, -0.2) is 5.01 Å². The van der Waals surface area contributed by atoms with Crippen LogP contribution in [0.2, 0.25) is 0 Å². The van der Waals surface area contributed by atoms with Crippen LogP contribution in [-0.2, 0) is 17.7 Å². The van der Waals surface area contributed by atoms with Crippen LogP contribution in [0.4, 0.5) is 0 Å². The Hall–Kier alpha value is -2.54. The van der Waals surface area contributed by atoms with Crippen molar-refractivity contribution in [3.05, 3.63) is 64.9 Å². The van der Waals surface area contributed by atoms with Crippen LogP contribution in [0.25, 0.3) is 5.57 Å². The zero-order valence-corrected chi connectivity index (χ0v) is 20.4. The minimum absolute atomic E-state index is 0.0979. The smallest absolute Gasteiger partial charge is 0.161 e. The second-order valence-electron chi connectivity index (χ2n) is 9.19. The fourth-order valence-electron chi connectivity index (χ4n) is 3.98. The highest BCUT2D eigenvalue weighted by atomic mass is 16.7. The van der Waals surface area contributed by atoms with Gasteiger partial charge < -0.3 is 14.8 Å². The number of ether oxygens (including phenoxy) is 2. The van der Waals surface area contributed by atoms with Crippen molar-refractivity contribution in [3.63, 3.8) is 0 Å². The van der Waals surface area contributed by atoms with Crippen molar-refractivity contribution in [2.45, 2.75) is 52.2 Å². The van der Waals surface area contributed by atoms with E-state index in [1.807, 2.05) is 34.0 Å². The van der Waals surface area contributed by atoms with Crippen molar-refractivity contribution in [2.75, 3.05) is 27.8 Å². The zero-order valence-electron chi connectivity index (χ0n) is 20.4. The molecule has 1 atom stereocenters. The maximum atomic E-state index is 5.94. The summed E-state index contributed by atoms with van der Waals surface area (Å²) in [7, 11) is 5.28. The molecule has 6 nitrogen and oxygen atoms in total. The summed E-state index contributed by atoms with van der Waals surface area (Å²) in [5.74, 6) is 1.52. The van der Waals surface area contributed by atoms with Gasteiger partial charge in [0.15, 0.2) is 11.5 Å². The van der Waals surface area contributed by atoms with E-state index in [-0.39, 0.29) is 11.6 Å². The molecule has 32 heavy (non-hydrogen) atoms. The normalized spacial score (nSPS) is 17.1. The van der Waals surface area contributed by atoms with Gasteiger partial charge in [0, 0.05) is 13.6 Å². The minimum Gasteiger partial charge on any atom is -0.493 e. The first-order chi connectivity index (χ1) is 15.3. The monoisotopic (exact) mass is 439 g/mol. The Morgan fingerprint density at radius 3 is 2.34 bits per heavy atom. The van der Waals surface area contributed by atoms with Crippen LogP contribution < -0.4 is 20.4 Å². The Morgan fingerprint density at radius 2 is 1.75 bits per heavy atom. The van der Waals surface area contributed by atoms with E-state index in [2.05, 4.69) is 59.2 Å². The van der Waals surface area contributed by atoms with Crippen LogP contribution in [0.15, 0.2) is 42.6 Å². The quantitative estimate of drug-likeness (QED) is 0.584. The molecule has 0 radical (unpaired) electrons. The van der Waals surface area contributed by atoms with Gasteiger partial charge in [-0.1, -0.05) is 24.3 Å². The van der Waals surface area contributed by atoms with Gasteiger partial charge in [0.2, 0.25) is 0 Å². The van der Waals surface area contributed by atoms with E-state index < -0.39 is 0 Å². The van der Waals surface area contributed by atoms with Gasteiger partial charge in [0.05, 0.1) is 25.9 Å². The molecule has 0 aliphatic carbocycles. The molecule has 0 saturated carbocycles. The van der Waals surface area contributed by atoms with Gasteiger partial charge in [-0.05, 0) is 86.7 Å². The Morgan fingerprint density at radius 1 is 1.09 bits per heavy atom. The van der Waals surface area contributed by atoms with Crippen molar-refractivity contribution in [2.24, 2.45) is 0 Å². The Kier molecular flexibility index (Phi) is 7.82. The number of nitrogens with zero attached hydrogens (tertiary/aromatic N) is 1. The number of methoxy groups -OCH3 is 2. The molecule has 2 aromatic rings. The summed E-state index contributed by atoms with van der Waals surface area (Å²) in [5, 5.41) is 5.29. The van der Waals surface area contributed by atoms with Crippen LogP contribution in [0.5, 0.6) is 11.5 Å². The van der Waals surface area contributed by atoms with Gasteiger partial charge in [-0.15, -0.1) is 5.59 Å². The first-order valence-electron chi connectivity index (χ1n) is 11.1. The van der Waals surface area contributed by atoms with E-state index in [1.165, 1.54) is 27.8 Å². The lowest BCUT2D eigenvalue weighted by atomic mass is 9.89.